The van der Waals surface area contributed by atoms with Gasteiger partial charge in [-0.1, -0.05) is 20.8 Å². The molecule has 0 spiro atoms. The number of hydrogen-bond acceptors (Lipinski definition) is 4. The number of carbonyl (C=O) groups is 1. The fourth-order valence-corrected chi connectivity index (χ4v) is 1.94. The van der Waals surface area contributed by atoms with E-state index >= 15 is 0 Å². The Hall–Kier alpha value is -1.17. The van der Waals surface area contributed by atoms with Gasteiger partial charge in [0.1, 0.15) is 16.2 Å². The van der Waals surface area contributed by atoms with Crippen LogP contribution in [0.5, 0.6) is 0 Å². The molecule has 0 saturated heterocycles. The van der Waals surface area contributed by atoms with Crippen LogP contribution in [0.2, 0.25) is 0 Å². The molecule has 20 heavy (non-hydrogen) atoms. The van der Waals surface area contributed by atoms with Crippen LogP contribution in [0.15, 0.2) is 10.7 Å². The van der Waals surface area contributed by atoms with E-state index in [0.29, 0.717) is 13.1 Å². The second-order valence-corrected chi connectivity index (χ2v) is 6.74. The van der Waals surface area contributed by atoms with E-state index in [9.17, 15) is 4.79 Å². The van der Waals surface area contributed by atoms with Gasteiger partial charge in [0, 0.05) is 32.1 Å². The van der Waals surface area contributed by atoms with Crippen LogP contribution in [0.3, 0.4) is 0 Å². The molecule has 1 rings (SSSR count). The molecule has 6 heteroatoms. The summed E-state index contributed by atoms with van der Waals surface area (Å²) >= 11 is 3.42. The Bertz CT molecular complexity index is 483. The van der Waals surface area contributed by atoms with E-state index in [1.54, 1.807) is 19.0 Å². The average molecular weight is 343 g/mol. The van der Waals surface area contributed by atoms with E-state index in [1.165, 1.54) is 0 Å². The quantitative estimate of drug-likeness (QED) is 0.788. The van der Waals surface area contributed by atoms with Gasteiger partial charge in [0.15, 0.2) is 0 Å². The third-order valence-corrected chi connectivity index (χ3v) is 3.29. The van der Waals surface area contributed by atoms with Crippen molar-refractivity contribution in [2.75, 3.05) is 32.1 Å². The molecule has 112 valence electrons. The summed E-state index contributed by atoms with van der Waals surface area (Å²) in [5.74, 6) is 1.59. The highest BCUT2D eigenvalue weighted by Crippen LogP contribution is 2.24. The van der Waals surface area contributed by atoms with Gasteiger partial charge >= 0.3 is 0 Å². The summed E-state index contributed by atoms with van der Waals surface area (Å²) in [5, 5.41) is 0. The fourth-order valence-electron chi connectivity index (χ4n) is 1.56. The number of anilines is 1. The first-order chi connectivity index (χ1) is 9.15. The predicted octanol–water partition coefficient (Wildman–Crippen LogP) is 2.45. The van der Waals surface area contributed by atoms with Crippen molar-refractivity contribution in [3.63, 3.8) is 0 Å². The van der Waals surface area contributed by atoms with Gasteiger partial charge in [-0.2, -0.15) is 0 Å². The monoisotopic (exact) mass is 342 g/mol. The molecule has 1 aromatic heterocycles. The second-order valence-electron chi connectivity index (χ2n) is 5.92. The van der Waals surface area contributed by atoms with E-state index in [1.807, 2.05) is 17.9 Å². The summed E-state index contributed by atoms with van der Waals surface area (Å²) in [6, 6.07) is 1.85. The maximum atomic E-state index is 11.9. The van der Waals surface area contributed by atoms with Crippen molar-refractivity contribution in [3.05, 3.63) is 16.5 Å². The number of halogens is 1. The summed E-state index contributed by atoms with van der Waals surface area (Å²) in [6.07, 6.45) is 0. The molecule has 0 unspecified atom stereocenters. The lowest BCUT2D eigenvalue weighted by Gasteiger charge is -2.25. The number of nitrogens with zero attached hydrogens (tertiary/aromatic N) is 4. The molecule has 0 aliphatic heterocycles. The van der Waals surface area contributed by atoms with Crippen molar-refractivity contribution in [1.29, 1.82) is 0 Å². The first-order valence-electron chi connectivity index (χ1n) is 6.65. The summed E-state index contributed by atoms with van der Waals surface area (Å²) in [5.41, 5.74) is -0.135. The number of aromatic nitrogens is 2. The van der Waals surface area contributed by atoms with Crippen LogP contribution in [0, 0.1) is 0 Å². The molecule has 0 N–H and O–H groups in total. The van der Waals surface area contributed by atoms with Crippen molar-refractivity contribution in [2.45, 2.75) is 33.1 Å². The molecule has 1 heterocycles. The van der Waals surface area contributed by atoms with E-state index in [4.69, 9.17) is 0 Å². The Kier molecular flexibility index (Phi) is 5.50. The number of hydrogen-bond donors (Lipinski definition) is 0. The number of likely N-dealkylation sites (N-methyl/N-ethyl adjacent to an activating group) is 2. The second kappa shape index (κ2) is 6.52. The largest absolute Gasteiger partial charge is 0.347 e. The van der Waals surface area contributed by atoms with Gasteiger partial charge in [-0.15, -0.1) is 0 Å². The van der Waals surface area contributed by atoms with Crippen molar-refractivity contribution < 1.29 is 4.79 Å². The van der Waals surface area contributed by atoms with Crippen LogP contribution < -0.4 is 4.90 Å². The zero-order chi connectivity index (χ0) is 15.5. The number of amides is 1. The Morgan fingerprint density at radius 2 is 1.90 bits per heavy atom. The van der Waals surface area contributed by atoms with Gasteiger partial charge in [0.25, 0.3) is 0 Å². The van der Waals surface area contributed by atoms with E-state index in [0.717, 1.165) is 16.2 Å². The highest BCUT2D eigenvalue weighted by Gasteiger charge is 2.21. The molecule has 0 bridgehead atoms. The lowest BCUT2D eigenvalue weighted by atomic mass is 9.96. The molecule has 0 aliphatic rings. The standard InChI is InChI=1S/C14H23BrN4O/c1-7-19(9-12(20)18(5)6)11-8-10(15)16-13(17-11)14(2,3)4/h8H,7,9H2,1-6H3. The lowest BCUT2D eigenvalue weighted by Crippen LogP contribution is -2.37. The minimum Gasteiger partial charge on any atom is -0.347 e. The highest BCUT2D eigenvalue weighted by molar-refractivity contribution is 9.10. The van der Waals surface area contributed by atoms with Gasteiger partial charge in [0.2, 0.25) is 5.91 Å². The Labute approximate surface area is 129 Å². The van der Waals surface area contributed by atoms with Crippen molar-refractivity contribution >= 4 is 27.7 Å². The van der Waals surface area contributed by atoms with Gasteiger partial charge in [-0.05, 0) is 22.9 Å². The van der Waals surface area contributed by atoms with Gasteiger partial charge < -0.3 is 9.80 Å². The van der Waals surface area contributed by atoms with E-state index in [-0.39, 0.29) is 11.3 Å². The molecule has 1 aromatic rings. The molecule has 1 amide bonds. The van der Waals surface area contributed by atoms with Crippen LogP contribution >= 0.6 is 15.9 Å². The van der Waals surface area contributed by atoms with Gasteiger partial charge in [-0.25, -0.2) is 9.97 Å². The zero-order valence-electron chi connectivity index (χ0n) is 13.1. The first kappa shape index (κ1) is 16.9. The van der Waals surface area contributed by atoms with Gasteiger partial charge in [-0.3, -0.25) is 4.79 Å². The fraction of sp³-hybridized carbons (Fsp3) is 0.643. The molecule has 0 atom stereocenters. The summed E-state index contributed by atoms with van der Waals surface area (Å²) in [7, 11) is 3.51. The molecule has 0 aromatic carbocycles. The van der Waals surface area contributed by atoms with Crippen molar-refractivity contribution in [2.24, 2.45) is 0 Å². The van der Waals surface area contributed by atoms with Crippen molar-refractivity contribution in [1.82, 2.24) is 14.9 Å². The average Bonchev–Trinajstić information content (AvgIpc) is 2.33. The van der Waals surface area contributed by atoms with Crippen LogP contribution in [-0.4, -0.2) is 48.0 Å². The highest BCUT2D eigenvalue weighted by atomic mass is 79.9. The first-order valence-corrected chi connectivity index (χ1v) is 7.44. The third-order valence-electron chi connectivity index (χ3n) is 2.88. The zero-order valence-corrected chi connectivity index (χ0v) is 14.7. The molecule has 0 saturated carbocycles. The summed E-state index contributed by atoms with van der Waals surface area (Å²) in [6.45, 7) is 9.25. The Balaban J connectivity index is 3.10. The predicted molar refractivity (Wildman–Crippen MR) is 85.0 cm³/mol. The van der Waals surface area contributed by atoms with Crippen LogP contribution in [0.1, 0.15) is 33.5 Å². The Morgan fingerprint density at radius 1 is 1.30 bits per heavy atom. The molecule has 0 aliphatic carbocycles. The number of rotatable bonds is 4. The third kappa shape index (κ3) is 4.44. The smallest absolute Gasteiger partial charge is 0.241 e. The Morgan fingerprint density at radius 3 is 2.35 bits per heavy atom. The molecule has 5 nitrogen and oxygen atoms in total. The topological polar surface area (TPSA) is 49.3 Å². The SMILES string of the molecule is CCN(CC(=O)N(C)C)c1cc(Br)nc(C(C)(C)C)n1. The normalized spacial score (nSPS) is 11.3. The minimum absolute atomic E-state index is 0.0545. The maximum absolute atomic E-state index is 11.9. The maximum Gasteiger partial charge on any atom is 0.241 e. The van der Waals surface area contributed by atoms with Crippen LogP contribution in [0.4, 0.5) is 5.82 Å². The molecule has 0 fully saturated rings. The molecule has 0 radical (unpaired) electrons. The van der Waals surface area contributed by atoms with Crippen LogP contribution in [0.25, 0.3) is 0 Å². The molecular formula is C14H23BrN4O. The molecular weight excluding hydrogens is 320 g/mol. The minimum atomic E-state index is -0.135. The van der Waals surface area contributed by atoms with E-state index in [2.05, 4.69) is 46.7 Å². The summed E-state index contributed by atoms with van der Waals surface area (Å²) < 4.78 is 0.739. The van der Waals surface area contributed by atoms with Crippen LogP contribution in [-0.2, 0) is 10.2 Å². The van der Waals surface area contributed by atoms with Gasteiger partial charge in [0.05, 0.1) is 6.54 Å². The van der Waals surface area contributed by atoms with E-state index < -0.39 is 0 Å². The summed E-state index contributed by atoms with van der Waals surface area (Å²) in [4.78, 5) is 24.4. The lowest BCUT2D eigenvalue weighted by molar-refractivity contribution is -0.127. The number of carbonyl (C=O) groups excluding carboxylic acids is 1. The van der Waals surface area contributed by atoms with Crippen molar-refractivity contribution in [3.8, 4) is 0 Å².